The number of benzene rings is 8. The van der Waals surface area contributed by atoms with Crippen molar-refractivity contribution >= 4 is 71.2 Å². The molecule has 254 valence electrons. The molecule has 0 aliphatic carbocycles. The molecule has 0 aliphatic heterocycles. The van der Waals surface area contributed by atoms with Gasteiger partial charge in [0, 0.05) is 27.4 Å². The lowest BCUT2D eigenvalue weighted by Crippen LogP contribution is -1.97. The van der Waals surface area contributed by atoms with Crippen molar-refractivity contribution in [2.75, 3.05) is 0 Å². The van der Waals surface area contributed by atoms with Gasteiger partial charge in [0.15, 0.2) is 5.58 Å². The van der Waals surface area contributed by atoms with Crippen LogP contribution in [0.1, 0.15) is 25.1 Å². The van der Waals surface area contributed by atoms with E-state index < -0.39 is 0 Å². The molecular formula is C51H39NO. The third-order valence-corrected chi connectivity index (χ3v) is 10.5. The Labute approximate surface area is 309 Å². The lowest BCUT2D eigenvalue weighted by molar-refractivity contribution is 0.665. The van der Waals surface area contributed by atoms with Crippen LogP contribution in [0.4, 0.5) is 0 Å². The first-order chi connectivity index (χ1) is 26.2. The summed E-state index contributed by atoms with van der Waals surface area (Å²) in [5.74, 6) is 0. The average Bonchev–Trinajstić information content (AvgIpc) is 3.74. The minimum absolute atomic E-state index is 0.894. The summed E-state index contributed by atoms with van der Waals surface area (Å²) < 4.78 is 8.84. The third kappa shape index (κ3) is 5.18. The van der Waals surface area contributed by atoms with Gasteiger partial charge >= 0.3 is 0 Å². The van der Waals surface area contributed by atoms with Gasteiger partial charge < -0.3 is 8.98 Å². The Morgan fingerprint density at radius 1 is 0.491 bits per heavy atom. The summed E-state index contributed by atoms with van der Waals surface area (Å²) in [7, 11) is 0. The predicted octanol–water partition coefficient (Wildman–Crippen LogP) is 14.9. The van der Waals surface area contributed by atoms with Crippen molar-refractivity contribution in [1.82, 2.24) is 4.57 Å². The first-order valence-electron chi connectivity index (χ1n) is 18.5. The maximum Gasteiger partial charge on any atom is 0.159 e. The molecule has 0 saturated carbocycles. The number of furan rings is 1. The van der Waals surface area contributed by atoms with Crippen LogP contribution in [0.3, 0.4) is 0 Å². The Morgan fingerprint density at radius 3 is 1.70 bits per heavy atom. The van der Waals surface area contributed by atoms with E-state index in [9.17, 15) is 0 Å². The molecule has 0 amide bonds. The van der Waals surface area contributed by atoms with Crippen LogP contribution in [0, 0.1) is 6.92 Å². The number of rotatable bonds is 5. The van der Waals surface area contributed by atoms with Crippen molar-refractivity contribution in [2.45, 2.75) is 20.8 Å². The number of para-hydroxylation sites is 2. The number of hydrogen-bond acceptors (Lipinski definition) is 1. The van der Waals surface area contributed by atoms with E-state index in [2.05, 4.69) is 164 Å². The molecular weight excluding hydrogens is 643 g/mol. The van der Waals surface area contributed by atoms with Gasteiger partial charge in [0.25, 0.3) is 0 Å². The number of fused-ring (bicyclic) bond motifs is 10. The van der Waals surface area contributed by atoms with Gasteiger partial charge in [0.05, 0.1) is 11.2 Å². The molecule has 0 fully saturated rings. The predicted molar refractivity (Wildman–Crippen MR) is 229 cm³/mol. The van der Waals surface area contributed by atoms with Gasteiger partial charge in [-0.25, -0.2) is 0 Å². The van der Waals surface area contributed by atoms with E-state index in [1.165, 1.54) is 65.5 Å². The Kier molecular flexibility index (Phi) is 8.01. The summed E-state index contributed by atoms with van der Waals surface area (Å²) in [6.07, 6.45) is 6.03. The SMILES string of the molecule is C=C/C=C\c1c(C)n(-c2cccc3c2oc2ccccc23)c2ccc(-c3cccc(-c4ccc5c6ccccc6c6ccccc6c5c4)c3)cc12.CC. The Hall–Kier alpha value is -6.64. The monoisotopic (exact) mass is 681 g/mol. The van der Waals surface area contributed by atoms with Crippen LogP contribution < -0.4 is 0 Å². The molecule has 0 radical (unpaired) electrons. The van der Waals surface area contributed by atoms with Crippen molar-refractivity contribution < 1.29 is 4.42 Å². The zero-order valence-corrected chi connectivity index (χ0v) is 30.2. The van der Waals surface area contributed by atoms with Gasteiger partial charge in [0.1, 0.15) is 5.58 Å². The van der Waals surface area contributed by atoms with E-state index in [-0.39, 0.29) is 0 Å². The summed E-state index contributed by atoms with van der Waals surface area (Å²) in [4.78, 5) is 0. The fraction of sp³-hybridized carbons (Fsp3) is 0.0588. The minimum atomic E-state index is 0.894. The van der Waals surface area contributed by atoms with Crippen LogP contribution in [-0.4, -0.2) is 4.57 Å². The first-order valence-corrected chi connectivity index (χ1v) is 18.5. The molecule has 8 aromatic carbocycles. The molecule has 0 atom stereocenters. The second-order valence-corrected chi connectivity index (χ2v) is 13.3. The van der Waals surface area contributed by atoms with Crippen LogP contribution in [-0.2, 0) is 0 Å². The molecule has 0 saturated heterocycles. The van der Waals surface area contributed by atoms with E-state index in [1.807, 2.05) is 38.1 Å². The molecule has 2 aromatic heterocycles. The maximum absolute atomic E-state index is 6.50. The highest BCUT2D eigenvalue weighted by Crippen LogP contribution is 2.40. The molecule has 10 rings (SSSR count). The summed E-state index contributed by atoms with van der Waals surface area (Å²) in [6.45, 7) is 10.2. The molecule has 0 N–H and O–H groups in total. The Morgan fingerprint density at radius 2 is 1.02 bits per heavy atom. The molecule has 0 unspecified atom stereocenters. The third-order valence-electron chi connectivity index (χ3n) is 10.5. The molecule has 2 heterocycles. The van der Waals surface area contributed by atoms with Gasteiger partial charge in [-0.15, -0.1) is 0 Å². The number of hydrogen-bond donors (Lipinski definition) is 0. The highest BCUT2D eigenvalue weighted by Gasteiger charge is 2.19. The Balaban J connectivity index is 0.00000183. The second-order valence-electron chi connectivity index (χ2n) is 13.3. The van der Waals surface area contributed by atoms with Crippen LogP contribution >= 0.6 is 0 Å². The number of allylic oxidation sites excluding steroid dienone is 2. The lowest BCUT2D eigenvalue weighted by Gasteiger charge is -2.13. The van der Waals surface area contributed by atoms with Crippen molar-refractivity contribution in [1.29, 1.82) is 0 Å². The van der Waals surface area contributed by atoms with Crippen molar-refractivity contribution in [2.24, 2.45) is 0 Å². The highest BCUT2D eigenvalue weighted by molar-refractivity contribution is 6.25. The van der Waals surface area contributed by atoms with E-state index in [0.29, 0.717) is 0 Å². The molecule has 2 heteroatoms. The van der Waals surface area contributed by atoms with E-state index in [4.69, 9.17) is 4.42 Å². The van der Waals surface area contributed by atoms with Gasteiger partial charge in [-0.2, -0.15) is 0 Å². The fourth-order valence-corrected chi connectivity index (χ4v) is 8.18. The van der Waals surface area contributed by atoms with Crippen LogP contribution in [0.2, 0.25) is 0 Å². The normalized spacial score (nSPS) is 11.7. The maximum atomic E-state index is 6.50. The highest BCUT2D eigenvalue weighted by atomic mass is 16.3. The molecule has 53 heavy (non-hydrogen) atoms. The molecule has 0 aliphatic rings. The molecule has 10 aromatic rings. The lowest BCUT2D eigenvalue weighted by atomic mass is 9.91. The van der Waals surface area contributed by atoms with Gasteiger partial charge in [-0.3, -0.25) is 0 Å². The molecule has 2 nitrogen and oxygen atoms in total. The quantitative estimate of drug-likeness (QED) is 0.131. The molecule has 0 bridgehead atoms. The van der Waals surface area contributed by atoms with Crippen LogP contribution in [0.15, 0.2) is 175 Å². The first kappa shape index (κ1) is 32.3. The van der Waals surface area contributed by atoms with E-state index in [1.54, 1.807) is 0 Å². The summed E-state index contributed by atoms with van der Waals surface area (Å²) in [5, 5.41) is 11.2. The van der Waals surface area contributed by atoms with Crippen LogP contribution in [0.5, 0.6) is 0 Å². The van der Waals surface area contributed by atoms with Crippen molar-refractivity contribution in [3.63, 3.8) is 0 Å². The fourth-order valence-electron chi connectivity index (χ4n) is 8.18. The average molecular weight is 682 g/mol. The standard InChI is InChI=1S/C49H33NO.C2H6/c1-3-4-15-36-31(2)50(47-22-12-21-43-42-20-9-10-23-48(42)51-49(43)47)46-27-25-35(30-45(36)46)33-14-11-13-32(28-33)34-24-26-41-39-18-6-5-16-37(39)38-17-7-8-19-40(38)44(41)29-34;1-2/h3-30H,1H2,2H3;1-2H3/b15-4-;. The van der Waals surface area contributed by atoms with Crippen molar-refractivity contribution in [3.05, 3.63) is 182 Å². The molecule has 0 spiro atoms. The van der Waals surface area contributed by atoms with E-state index >= 15 is 0 Å². The van der Waals surface area contributed by atoms with Gasteiger partial charge in [-0.05, 0) is 97.9 Å². The minimum Gasteiger partial charge on any atom is -0.454 e. The second kappa shape index (κ2) is 13.2. The van der Waals surface area contributed by atoms with Gasteiger partial charge in [0.2, 0.25) is 0 Å². The van der Waals surface area contributed by atoms with Crippen LogP contribution in [0.25, 0.3) is 99.2 Å². The smallest absolute Gasteiger partial charge is 0.159 e. The topological polar surface area (TPSA) is 18.1 Å². The zero-order valence-electron chi connectivity index (χ0n) is 30.2. The summed E-state index contributed by atoms with van der Waals surface area (Å²) >= 11 is 0. The summed E-state index contributed by atoms with van der Waals surface area (Å²) in [5.41, 5.74) is 11.1. The zero-order chi connectivity index (χ0) is 36.1. The number of aromatic nitrogens is 1. The summed E-state index contributed by atoms with van der Waals surface area (Å²) in [6, 6.07) is 54.9. The van der Waals surface area contributed by atoms with Gasteiger partial charge in [-0.1, -0.05) is 154 Å². The van der Waals surface area contributed by atoms with E-state index in [0.717, 1.165) is 38.8 Å². The number of nitrogens with zero attached hydrogens (tertiary/aromatic N) is 1. The largest absolute Gasteiger partial charge is 0.454 e. The van der Waals surface area contributed by atoms with Crippen molar-refractivity contribution in [3.8, 4) is 27.9 Å². The Bertz CT molecular complexity index is 3020.